The number of amides is 2. The van der Waals surface area contributed by atoms with Gasteiger partial charge in [-0.2, -0.15) is 0 Å². The zero-order valence-corrected chi connectivity index (χ0v) is 19.7. The zero-order valence-electron chi connectivity index (χ0n) is 18.9. The lowest BCUT2D eigenvalue weighted by molar-refractivity contribution is -0.116. The van der Waals surface area contributed by atoms with E-state index in [1.165, 1.54) is 6.92 Å². The molecule has 8 heteroatoms. The molecule has 0 spiro atoms. The van der Waals surface area contributed by atoms with E-state index in [0.717, 1.165) is 28.1 Å². The molecular formula is C23H31N3O4S. The van der Waals surface area contributed by atoms with Gasteiger partial charge in [-0.3, -0.25) is 13.9 Å². The Bertz CT molecular complexity index is 1050. The molecule has 31 heavy (non-hydrogen) atoms. The first-order valence-corrected chi connectivity index (χ1v) is 12.1. The summed E-state index contributed by atoms with van der Waals surface area (Å²) in [6.07, 6.45) is 1.85. The first kappa shape index (κ1) is 24.4. The van der Waals surface area contributed by atoms with E-state index in [0.29, 0.717) is 16.9 Å². The van der Waals surface area contributed by atoms with Crippen molar-refractivity contribution in [3.05, 3.63) is 59.2 Å². The molecule has 2 N–H and O–H groups in total. The molecule has 0 fully saturated rings. The number of benzene rings is 2. The summed E-state index contributed by atoms with van der Waals surface area (Å²) >= 11 is 0. The maximum atomic E-state index is 13.0. The second-order valence-corrected chi connectivity index (χ2v) is 9.76. The summed E-state index contributed by atoms with van der Waals surface area (Å²) in [5, 5.41) is 5.61. The Morgan fingerprint density at radius 3 is 2.16 bits per heavy atom. The number of sulfonamides is 1. The summed E-state index contributed by atoms with van der Waals surface area (Å²) in [5.41, 5.74) is 2.85. The molecule has 0 aliphatic rings. The smallest absolute Gasteiger partial charge is 0.253 e. The van der Waals surface area contributed by atoms with Crippen molar-refractivity contribution in [1.29, 1.82) is 0 Å². The minimum Gasteiger partial charge on any atom is -0.350 e. The molecule has 0 bridgehead atoms. The molecule has 2 amide bonds. The van der Waals surface area contributed by atoms with Crippen LogP contribution < -0.4 is 14.9 Å². The third-order valence-corrected chi connectivity index (χ3v) is 6.21. The van der Waals surface area contributed by atoms with Gasteiger partial charge in [-0.05, 0) is 69.5 Å². The highest BCUT2D eigenvalue weighted by atomic mass is 32.2. The number of para-hydroxylation sites is 1. The molecule has 0 saturated carbocycles. The van der Waals surface area contributed by atoms with Crippen LogP contribution in [0.15, 0.2) is 42.5 Å². The fraction of sp³-hybridized carbons (Fsp3) is 0.391. The molecule has 2 aromatic carbocycles. The minimum atomic E-state index is -3.74. The van der Waals surface area contributed by atoms with Gasteiger partial charge in [0.05, 0.1) is 23.2 Å². The highest BCUT2D eigenvalue weighted by Gasteiger charge is 2.30. The second kappa shape index (κ2) is 9.96. The Morgan fingerprint density at radius 2 is 1.61 bits per heavy atom. The van der Waals surface area contributed by atoms with Crippen molar-refractivity contribution in [3.8, 4) is 0 Å². The number of anilines is 2. The summed E-state index contributed by atoms with van der Waals surface area (Å²) in [4.78, 5) is 25.7. The molecule has 0 unspecified atom stereocenters. The van der Waals surface area contributed by atoms with E-state index in [4.69, 9.17) is 0 Å². The van der Waals surface area contributed by atoms with E-state index in [2.05, 4.69) is 10.6 Å². The number of carbonyl (C=O) groups excluding carboxylic acids is 2. The molecule has 0 radical (unpaired) electrons. The van der Waals surface area contributed by atoms with Crippen molar-refractivity contribution in [3.63, 3.8) is 0 Å². The quantitative estimate of drug-likeness (QED) is 0.649. The first-order chi connectivity index (χ1) is 14.4. The van der Waals surface area contributed by atoms with Crippen LogP contribution in [-0.2, 0) is 14.8 Å². The summed E-state index contributed by atoms with van der Waals surface area (Å²) < 4.78 is 26.2. The Hall–Kier alpha value is -2.87. The van der Waals surface area contributed by atoms with Gasteiger partial charge in [0.2, 0.25) is 15.9 Å². The first-order valence-electron chi connectivity index (χ1n) is 10.2. The number of carbonyl (C=O) groups is 2. The average molecular weight is 446 g/mol. The van der Waals surface area contributed by atoms with E-state index in [-0.39, 0.29) is 11.9 Å². The highest BCUT2D eigenvalue weighted by molar-refractivity contribution is 7.92. The maximum Gasteiger partial charge on any atom is 0.253 e. The lowest BCUT2D eigenvalue weighted by Gasteiger charge is -2.29. The van der Waals surface area contributed by atoms with Gasteiger partial charge in [-0.1, -0.05) is 25.1 Å². The van der Waals surface area contributed by atoms with Crippen LogP contribution in [0.2, 0.25) is 0 Å². The molecule has 0 heterocycles. The van der Waals surface area contributed by atoms with Crippen LogP contribution in [0.4, 0.5) is 11.4 Å². The molecule has 0 aliphatic heterocycles. The van der Waals surface area contributed by atoms with Crippen molar-refractivity contribution in [1.82, 2.24) is 5.32 Å². The third kappa shape index (κ3) is 6.30. The fourth-order valence-corrected chi connectivity index (χ4v) is 4.48. The predicted molar refractivity (Wildman–Crippen MR) is 125 cm³/mol. The Balaban J connectivity index is 2.35. The van der Waals surface area contributed by atoms with Crippen LogP contribution in [0.5, 0.6) is 0 Å². The van der Waals surface area contributed by atoms with Gasteiger partial charge in [0, 0.05) is 6.04 Å². The number of nitrogens with zero attached hydrogens (tertiary/aromatic N) is 1. The van der Waals surface area contributed by atoms with Crippen LogP contribution in [0, 0.1) is 13.8 Å². The van der Waals surface area contributed by atoms with Crippen LogP contribution in [0.3, 0.4) is 0 Å². The van der Waals surface area contributed by atoms with E-state index in [9.17, 15) is 18.0 Å². The molecule has 0 aromatic heterocycles. The standard InChI is InChI=1S/C23H31N3O4S/c1-7-17(4)24-23(28)20-10-8-9-11-21(20)25-22(27)18(5)26(31(6,29)30)19-13-15(2)12-16(3)14-19/h8-14,17-18H,7H2,1-6H3,(H,24,28)(H,25,27)/t17-,18-/m0/s1. The van der Waals surface area contributed by atoms with Crippen LogP contribution in [-0.4, -0.2) is 38.6 Å². The molecule has 7 nitrogen and oxygen atoms in total. The van der Waals surface area contributed by atoms with Gasteiger partial charge < -0.3 is 10.6 Å². The van der Waals surface area contributed by atoms with Crippen LogP contribution in [0.1, 0.15) is 48.7 Å². The molecule has 2 aromatic rings. The van der Waals surface area contributed by atoms with E-state index in [1.54, 1.807) is 36.4 Å². The van der Waals surface area contributed by atoms with Gasteiger partial charge in [0.15, 0.2) is 0 Å². The lowest BCUT2D eigenvalue weighted by atomic mass is 10.1. The van der Waals surface area contributed by atoms with Crippen molar-refractivity contribution in [2.45, 2.75) is 53.1 Å². The van der Waals surface area contributed by atoms with E-state index >= 15 is 0 Å². The predicted octanol–water partition coefficient (Wildman–Crippen LogP) is 3.62. The largest absolute Gasteiger partial charge is 0.350 e. The van der Waals surface area contributed by atoms with Crippen LogP contribution in [0.25, 0.3) is 0 Å². The molecular weight excluding hydrogens is 414 g/mol. The minimum absolute atomic E-state index is 0.0135. The normalized spacial score (nSPS) is 13.2. The maximum absolute atomic E-state index is 13.0. The number of hydrogen-bond acceptors (Lipinski definition) is 4. The molecule has 2 rings (SSSR count). The number of rotatable bonds is 8. The zero-order chi connectivity index (χ0) is 23.3. The Kier molecular flexibility index (Phi) is 7.84. The monoisotopic (exact) mass is 445 g/mol. The highest BCUT2D eigenvalue weighted by Crippen LogP contribution is 2.25. The molecule has 0 aliphatic carbocycles. The SMILES string of the molecule is CC[C@H](C)NC(=O)c1ccccc1NC(=O)[C@H](C)N(c1cc(C)cc(C)c1)S(C)(=O)=O. The average Bonchev–Trinajstić information content (AvgIpc) is 2.66. The lowest BCUT2D eigenvalue weighted by Crippen LogP contribution is -2.45. The van der Waals surface area contributed by atoms with E-state index in [1.807, 2.05) is 33.8 Å². The summed E-state index contributed by atoms with van der Waals surface area (Å²) in [6.45, 7) is 9.12. The molecule has 0 saturated heterocycles. The second-order valence-electron chi connectivity index (χ2n) is 7.90. The van der Waals surface area contributed by atoms with Gasteiger partial charge in [-0.15, -0.1) is 0 Å². The fourth-order valence-electron chi connectivity index (χ4n) is 3.32. The van der Waals surface area contributed by atoms with Crippen molar-refractivity contribution in [2.75, 3.05) is 15.9 Å². The van der Waals surface area contributed by atoms with Gasteiger partial charge in [0.1, 0.15) is 6.04 Å². The van der Waals surface area contributed by atoms with Crippen molar-refractivity contribution >= 4 is 33.2 Å². The van der Waals surface area contributed by atoms with Crippen molar-refractivity contribution in [2.24, 2.45) is 0 Å². The summed E-state index contributed by atoms with van der Waals surface area (Å²) in [7, 11) is -3.74. The van der Waals surface area contributed by atoms with Gasteiger partial charge >= 0.3 is 0 Å². The van der Waals surface area contributed by atoms with E-state index < -0.39 is 22.0 Å². The number of aryl methyl sites for hydroxylation is 2. The van der Waals surface area contributed by atoms with Crippen LogP contribution >= 0.6 is 0 Å². The number of hydrogen-bond donors (Lipinski definition) is 2. The topological polar surface area (TPSA) is 95.6 Å². The third-order valence-electron chi connectivity index (χ3n) is 4.97. The molecule has 168 valence electrons. The Morgan fingerprint density at radius 1 is 1.03 bits per heavy atom. The number of nitrogens with one attached hydrogen (secondary N) is 2. The molecule has 2 atom stereocenters. The summed E-state index contributed by atoms with van der Waals surface area (Å²) in [6, 6.07) is 11.0. The van der Waals surface area contributed by atoms with Crippen molar-refractivity contribution < 1.29 is 18.0 Å². The van der Waals surface area contributed by atoms with Gasteiger partial charge in [-0.25, -0.2) is 8.42 Å². The summed E-state index contributed by atoms with van der Waals surface area (Å²) in [5.74, 6) is -0.833. The van der Waals surface area contributed by atoms with Gasteiger partial charge in [0.25, 0.3) is 5.91 Å². The Labute approximate surface area is 184 Å².